The summed E-state index contributed by atoms with van der Waals surface area (Å²) in [6.45, 7) is 3.94. The number of hydrogen-bond donors (Lipinski definition) is 2. The van der Waals surface area contributed by atoms with Crippen LogP contribution in [-0.2, 0) is 4.74 Å². The number of nitrogens with one attached hydrogen (secondary N) is 2. The number of hydrogen-bond acceptors (Lipinski definition) is 5. The van der Waals surface area contributed by atoms with Gasteiger partial charge in [0.15, 0.2) is 5.11 Å². The summed E-state index contributed by atoms with van der Waals surface area (Å²) in [6, 6.07) is 14.5. The van der Waals surface area contributed by atoms with Crippen LogP contribution in [0.5, 0.6) is 11.5 Å². The van der Waals surface area contributed by atoms with Crippen LogP contribution in [0.25, 0.3) is 0 Å². The Morgan fingerprint density at radius 3 is 2.69 bits per heavy atom. The maximum Gasteiger partial charge on any atom is 0.261 e. The Kier molecular flexibility index (Phi) is 7.84. The van der Waals surface area contributed by atoms with Crippen molar-refractivity contribution < 1.29 is 19.0 Å². The third-order valence-electron chi connectivity index (χ3n) is 4.39. The molecule has 1 atom stereocenters. The highest BCUT2D eigenvalue weighted by molar-refractivity contribution is 7.80. The highest BCUT2D eigenvalue weighted by Gasteiger charge is 2.16. The zero-order valence-electron chi connectivity index (χ0n) is 16.5. The summed E-state index contributed by atoms with van der Waals surface area (Å²) in [5.41, 5.74) is 1.21. The molecule has 2 N–H and O–H groups in total. The van der Waals surface area contributed by atoms with E-state index in [4.69, 9.17) is 26.4 Å². The van der Waals surface area contributed by atoms with Crippen molar-refractivity contribution in [3.05, 3.63) is 54.1 Å². The molecule has 0 aliphatic carbocycles. The van der Waals surface area contributed by atoms with E-state index in [9.17, 15) is 4.79 Å². The maximum atomic E-state index is 12.5. The molecular weight excluding hydrogens is 388 g/mol. The van der Waals surface area contributed by atoms with E-state index in [0.717, 1.165) is 37.3 Å². The van der Waals surface area contributed by atoms with Crippen molar-refractivity contribution in [3.8, 4) is 11.5 Å². The van der Waals surface area contributed by atoms with Gasteiger partial charge in [0.05, 0.1) is 18.3 Å². The molecule has 6 nitrogen and oxygen atoms in total. The third-order valence-corrected chi connectivity index (χ3v) is 4.60. The van der Waals surface area contributed by atoms with Crippen LogP contribution >= 0.6 is 12.2 Å². The quantitative estimate of drug-likeness (QED) is 0.632. The predicted octanol–water partition coefficient (Wildman–Crippen LogP) is 4.16. The standard InChI is InChI=1S/C22H26N2O4S/c1-2-13-27-20-8-4-3-7-19(20)21(25)24-22(29)23-16-9-11-17(12-10-16)28-15-18-6-5-14-26-18/h3-4,7-12,18H,2,5-6,13-15H2,1H3,(H2,23,24,25,29). The van der Waals surface area contributed by atoms with Crippen molar-refractivity contribution >= 4 is 28.9 Å². The predicted molar refractivity (Wildman–Crippen MR) is 117 cm³/mol. The number of amides is 1. The van der Waals surface area contributed by atoms with Crippen molar-refractivity contribution in [1.29, 1.82) is 0 Å². The van der Waals surface area contributed by atoms with Gasteiger partial charge in [0.25, 0.3) is 5.91 Å². The number of anilines is 1. The first-order valence-corrected chi connectivity index (χ1v) is 10.2. The minimum Gasteiger partial charge on any atom is -0.493 e. The van der Waals surface area contributed by atoms with Crippen molar-refractivity contribution in [3.63, 3.8) is 0 Å². The Hall–Kier alpha value is -2.64. The Labute approximate surface area is 176 Å². The van der Waals surface area contributed by atoms with E-state index in [1.807, 2.05) is 37.3 Å². The van der Waals surface area contributed by atoms with Gasteiger partial charge in [-0.15, -0.1) is 0 Å². The Morgan fingerprint density at radius 1 is 1.17 bits per heavy atom. The Morgan fingerprint density at radius 2 is 1.97 bits per heavy atom. The summed E-state index contributed by atoms with van der Waals surface area (Å²) in [5, 5.41) is 5.92. The lowest BCUT2D eigenvalue weighted by Gasteiger charge is -2.14. The summed E-state index contributed by atoms with van der Waals surface area (Å²) >= 11 is 5.27. The van der Waals surface area contributed by atoms with E-state index in [0.29, 0.717) is 24.5 Å². The van der Waals surface area contributed by atoms with Crippen LogP contribution in [0.15, 0.2) is 48.5 Å². The molecule has 0 aromatic heterocycles. The molecule has 154 valence electrons. The lowest BCUT2D eigenvalue weighted by atomic mass is 10.2. The van der Waals surface area contributed by atoms with Crippen molar-refractivity contribution in [2.45, 2.75) is 32.3 Å². The molecule has 2 aromatic rings. The summed E-state index contributed by atoms with van der Waals surface area (Å²) in [5.74, 6) is 0.996. The first kappa shape index (κ1) is 21.1. The van der Waals surface area contributed by atoms with Crippen LogP contribution in [0.3, 0.4) is 0 Å². The van der Waals surface area contributed by atoms with Gasteiger partial charge in [-0.1, -0.05) is 19.1 Å². The number of thiocarbonyl (C=S) groups is 1. The number of benzene rings is 2. The van der Waals surface area contributed by atoms with Crippen LogP contribution in [0.4, 0.5) is 5.69 Å². The van der Waals surface area contributed by atoms with Gasteiger partial charge in [0.2, 0.25) is 0 Å². The molecule has 3 rings (SSSR count). The molecule has 1 saturated heterocycles. The summed E-state index contributed by atoms with van der Waals surface area (Å²) in [7, 11) is 0. The highest BCUT2D eigenvalue weighted by atomic mass is 32.1. The van der Waals surface area contributed by atoms with E-state index < -0.39 is 0 Å². The van der Waals surface area contributed by atoms with E-state index in [1.54, 1.807) is 18.2 Å². The zero-order chi connectivity index (χ0) is 20.5. The lowest BCUT2D eigenvalue weighted by Crippen LogP contribution is -2.34. The van der Waals surface area contributed by atoms with E-state index in [1.165, 1.54) is 0 Å². The zero-order valence-corrected chi connectivity index (χ0v) is 17.3. The Balaban J connectivity index is 1.50. The molecule has 1 aliphatic rings. The number of para-hydroxylation sites is 1. The number of carbonyl (C=O) groups excluding carboxylic acids is 1. The molecule has 2 aromatic carbocycles. The monoisotopic (exact) mass is 414 g/mol. The SMILES string of the molecule is CCCOc1ccccc1C(=O)NC(=S)Nc1ccc(OCC2CCCO2)cc1. The molecule has 1 unspecified atom stereocenters. The second kappa shape index (κ2) is 10.8. The molecular formula is C22H26N2O4S. The fourth-order valence-corrected chi connectivity index (χ4v) is 3.13. The van der Waals surface area contributed by atoms with Gasteiger partial charge >= 0.3 is 0 Å². The minimum atomic E-state index is -0.314. The molecule has 1 amide bonds. The Bertz CT molecular complexity index is 820. The molecule has 1 heterocycles. The second-order valence-corrected chi connectivity index (χ2v) is 7.13. The molecule has 1 aliphatic heterocycles. The number of rotatable bonds is 8. The average Bonchev–Trinajstić information content (AvgIpc) is 3.25. The molecule has 1 fully saturated rings. The smallest absolute Gasteiger partial charge is 0.261 e. The number of carbonyl (C=O) groups is 1. The van der Waals surface area contributed by atoms with Crippen molar-refractivity contribution in [2.24, 2.45) is 0 Å². The molecule has 0 spiro atoms. The van der Waals surface area contributed by atoms with Crippen LogP contribution in [0, 0.1) is 0 Å². The minimum absolute atomic E-state index is 0.180. The van der Waals surface area contributed by atoms with Crippen LogP contribution < -0.4 is 20.1 Å². The van der Waals surface area contributed by atoms with E-state index in [-0.39, 0.29) is 17.1 Å². The van der Waals surface area contributed by atoms with Crippen LogP contribution in [0.2, 0.25) is 0 Å². The summed E-state index contributed by atoms with van der Waals surface area (Å²) in [6.07, 6.45) is 3.18. The summed E-state index contributed by atoms with van der Waals surface area (Å²) < 4.78 is 16.9. The first-order chi connectivity index (χ1) is 14.2. The second-order valence-electron chi connectivity index (χ2n) is 6.72. The maximum absolute atomic E-state index is 12.5. The fourth-order valence-electron chi connectivity index (χ4n) is 2.92. The van der Waals surface area contributed by atoms with Gasteiger partial charge in [0.1, 0.15) is 18.1 Å². The van der Waals surface area contributed by atoms with Crippen molar-refractivity contribution in [2.75, 3.05) is 25.1 Å². The van der Waals surface area contributed by atoms with Gasteiger partial charge in [0, 0.05) is 12.3 Å². The van der Waals surface area contributed by atoms with Gasteiger partial charge in [-0.05, 0) is 67.9 Å². The third kappa shape index (κ3) is 6.44. The van der Waals surface area contributed by atoms with Gasteiger partial charge in [-0.2, -0.15) is 0 Å². The van der Waals surface area contributed by atoms with Crippen molar-refractivity contribution in [1.82, 2.24) is 5.32 Å². The van der Waals surface area contributed by atoms with Crippen LogP contribution in [0.1, 0.15) is 36.5 Å². The van der Waals surface area contributed by atoms with Gasteiger partial charge < -0.3 is 19.5 Å². The molecule has 0 saturated carbocycles. The number of ether oxygens (including phenoxy) is 3. The molecule has 7 heteroatoms. The lowest BCUT2D eigenvalue weighted by molar-refractivity contribution is 0.0679. The molecule has 0 bridgehead atoms. The van der Waals surface area contributed by atoms with Gasteiger partial charge in [-0.25, -0.2) is 0 Å². The summed E-state index contributed by atoms with van der Waals surface area (Å²) in [4.78, 5) is 12.5. The fraction of sp³-hybridized carbons (Fsp3) is 0.364. The topological polar surface area (TPSA) is 68.8 Å². The van der Waals surface area contributed by atoms with Crippen LogP contribution in [-0.4, -0.2) is 36.9 Å². The highest BCUT2D eigenvalue weighted by Crippen LogP contribution is 2.20. The van der Waals surface area contributed by atoms with E-state index in [2.05, 4.69) is 10.6 Å². The molecule has 29 heavy (non-hydrogen) atoms. The normalized spacial score (nSPS) is 15.6. The van der Waals surface area contributed by atoms with E-state index >= 15 is 0 Å². The molecule has 0 radical (unpaired) electrons. The largest absolute Gasteiger partial charge is 0.493 e. The first-order valence-electron chi connectivity index (χ1n) is 9.84. The van der Waals surface area contributed by atoms with Gasteiger partial charge in [-0.3, -0.25) is 10.1 Å². The average molecular weight is 415 g/mol.